The number of carboxylic acids is 2. The van der Waals surface area contributed by atoms with Crippen LogP contribution in [-0.4, -0.2) is 46.2 Å². The van der Waals surface area contributed by atoms with Crippen molar-refractivity contribution in [3.63, 3.8) is 0 Å². The van der Waals surface area contributed by atoms with Gasteiger partial charge in [0, 0.05) is 0 Å². The average molecular weight is 247 g/mol. The van der Waals surface area contributed by atoms with Crippen LogP contribution in [-0.2, 0) is 14.4 Å². The summed E-state index contributed by atoms with van der Waals surface area (Å²) in [6.45, 7) is 0. The molecule has 10 heteroatoms. The van der Waals surface area contributed by atoms with Gasteiger partial charge in [-0.25, -0.2) is 9.79 Å². The molecule has 17 heavy (non-hydrogen) atoms. The third-order valence-corrected chi connectivity index (χ3v) is 1.57. The molecule has 0 fully saturated rings. The summed E-state index contributed by atoms with van der Waals surface area (Å²) in [7, 11) is 0. The van der Waals surface area contributed by atoms with Crippen molar-refractivity contribution in [2.24, 2.45) is 22.2 Å². The van der Waals surface area contributed by atoms with Crippen LogP contribution in [0.4, 0.5) is 0 Å². The van der Waals surface area contributed by atoms with Gasteiger partial charge in [-0.3, -0.25) is 14.9 Å². The predicted octanol–water partition coefficient (Wildman–Crippen LogP) is -3.41. The first-order valence-electron chi connectivity index (χ1n) is 4.32. The highest BCUT2D eigenvalue weighted by atomic mass is 16.4. The topological polar surface area (TPSA) is 194 Å². The molecule has 1 amide bonds. The highest BCUT2D eigenvalue weighted by Crippen LogP contribution is 1.96. The molecule has 2 atom stereocenters. The maximum Gasteiger partial charge on any atom is 0.343 e. The molecule has 0 saturated carbocycles. The molecule has 0 aromatic heterocycles. The molecule has 0 radical (unpaired) electrons. The molecule has 10 nitrogen and oxygen atoms in total. The number of nitrogens with one attached hydrogen (secondary N) is 1. The van der Waals surface area contributed by atoms with Crippen molar-refractivity contribution in [3.05, 3.63) is 0 Å². The average Bonchev–Trinajstić information content (AvgIpc) is 2.13. The minimum atomic E-state index is -1.67. The Balaban J connectivity index is 4.80. The summed E-state index contributed by atoms with van der Waals surface area (Å²) in [5.74, 6) is -4.37. The number of carbonyl (C=O) groups is 3. The van der Waals surface area contributed by atoms with E-state index in [1.807, 2.05) is 0 Å². The summed E-state index contributed by atoms with van der Waals surface area (Å²) in [6, 6.07) is -1.49. The zero-order valence-electron chi connectivity index (χ0n) is 8.66. The van der Waals surface area contributed by atoms with E-state index in [4.69, 9.17) is 27.4 Å². The number of rotatable bonds is 7. The number of primary amides is 1. The van der Waals surface area contributed by atoms with Gasteiger partial charge in [0.05, 0.1) is 6.42 Å². The van der Waals surface area contributed by atoms with Crippen molar-refractivity contribution >= 4 is 23.8 Å². The maximum atomic E-state index is 10.7. The van der Waals surface area contributed by atoms with E-state index >= 15 is 0 Å². The van der Waals surface area contributed by atoms with Gasteiger partial charge in [0.25, 0.3) is 0 Å². The molecule has 96 valence electrons. The van der Waals surface area contributed by atoms with E-state index in [0.29, 0.717) is 0 Å². The summed E-state index contributed by atoms with van der Waals surface area (Å²) in [5.41, 5.74) is 14.7. The number of hydrogen-bond acceptors (Lipinski definition) is 5. The number of guanidine groups is 1. The molecular formula is C7H13N5O5. The van der Waals surface area contributed by atoms with Crippen LogP contribution < -0.4 is 22.5 Å². The zero-order valence-corrected chi connectivity index (χ0v) is 8.66. The number of carboxylic acid groups (broad SMARTS) is 2. The first kappa shape index (κ1) is 14.6. The Morgan fingerprint density at radius 2 is 1.65 bits per heavy atom. The van der Waals surface area contributed by atoms with Crippen LogP contribution in [0.15, 0.2) is 4.99 Å². The van der Waals surface area contributed by atoms with Gasteiger partial charge in [0.1, 0.15) is 6.04 Å². The molecule has 0 aliphatic carbocycles. The summed E-state index contributed by atoms with van der Waals surface area (Å²) in [6.07, 6.45) is -2.25. The van der Waals surface area contributed by atoms with Crippen LogP contribution in [0, 0.1) is 0 Å². The van der Waals surface area contributed by atoms with E-state index in [1.54, 1.807) is 0 Å². The molecule has 0 aromatic rings. The third kappa shape index (κ3) is 5.94. The first-order chi connectivity index (χ1) is 7.73. The number of carbonyl (C=O) groups excluding carboxylic acids is 1. The van der Waals surface area contributed by atoms with Crippen LogP contribution >= 0.6 is 0 Å². The van der Waals surface area contributed by atoms with Gasteiger partial charge < -0.3 is 27.4 Å². The van der Waals surface area contributed by atoms with Crippen LogP contribution in [0.1, 0.15) is 6.42 Å². The zero-order chi connectivity index (χ0) is 13.6. The number of amides is 1. The van der Waals surface area contributed by atoms with E-state index < -0.39 is 42.4 Å². The summed E-state index contributed by atoms with van der Waals surface area (Å²) >= 11 is 0. The maximum absolute atomic E-state index is 10.7. The summed E-state index contributed by atoms with van der Waals surface area (Å²) < 4.78 is 0. The summed E-state index contributed by atoms with van der Waals surface area (Å²) in [4.78, 5) is 35.2. The Bertz CT molecular complexity index is 351. The number of hydrogen-bond donors (Lipinski definition) is 6. The Labute approximate surface area is 95.5 Å². The van der Waals surface area contributed by atoms with Gasteiger partial charge in [0.15, 0.2) is 5.96 Å². The second kappa shape index (κ2) is 6.27. The Morgan fingerprint density at radius 1 is 1.12 bits per heavy atom. The van der Waals surface area contributed by atoms with Gasteiger partial charge in [-0.2, -0.15) is 0 Å². The van der Waals surface area contributed by atoms with Crippen LogP contribution in [0.3, 0.4) is 0 Å². The van der Waals surface area contributed by atoms with Crippen molar-refractivity contribution in [2.75, 3.05) is 0 Å². The fourth-order valence-corrected chi connectivity index (χ4v) is 0.922. The second-order valence-electron chi connectivity index (χ2n) is 3.02. The molecule has 0 bridgehead atoms. The minimum absolute atomic E-state index is 0.534. The Hall–Kier alpha value is -2.36. The summed E-state index contributed by atoms with van der Waals surface area (Å²) in [5, 5.41) is 19.5. The molecule has 0 spiro atoms. The fourth-order valence-electron chi connectivity index (χ4n) is 0.922. The highest BCUT2D eigenvalue weighted by molar-refractivity contribution is 5.85. The van der Waals surface area contributed by atoms with E-state index in [-0.39, 0.29) is 0 Å². The van der Waals surface area contributed by atoms with Crippen molar-refractivity contribution in [1.29, 1.82) is 0 Å². The van der Waals surface area contributed by atoms with Crippen molar-refractivity contribution in [2.45, 2.75) is 18.6 Å². The van der Waals surface area contributed by atoms with Crippen molar-refractivity contribution in [1.82, 2.24) is 5.32 Å². The Kier molecular flexibility index (Phi) is 5.40. The highest BCUT2D eigenvalue weighted by Gasteiger charge is 2.26. The number of aliphatic imine (C=N–C) groups is 1. The Morgan fingerprint density at radius 3 is 1.94 bits per heavy atom. The van der Waals surface area contributed by atoms with E-state index in [1.165, 1.54) is 0 Å². The lowest BCUT2D eigenvalue weighted by molar-refractivity contribution is -0.143. The predicted molar refractivity (Wildman–Crippen MR) is 55.6 cm³/mol. The molecule has 0 aliphatic rings. The monoisotopic (exact) mass is 247 g/mol. The van der Waals surface area contributed by atoms with Crippen LogP contribution in [0.5, 0.6) is 0 Å². The van der Waals surface area contributed by atoms with Gasteiger partial charge in [-0.05, 0) is 0 Å². The largest absolute Gasteiger partial charge is 0.480 e. The molecule has 0 saturated heterocycles. The number of aliphatic carboxylic acids is 2. The lowest BCUT2D eigenvalue weighted by Gasteiger charge is -2.16. The molecule has 0 aliphatic heterocycles. The lowest BCUT2D eigenvalue weighted by Crippen LogP contribution is -2.49. The SMILES string of the molecule is NC(=O)C[C@H](NC(N=C(N)N)C(=O)O)C(=O)O. The van der Waals surface area contributed by atoms with Gasteiger partial charge >= 0.3 is 11.9 Å². The molecule has 9 N–H and O–H groups in total. The molecule has 0 heterocycles. The minimum Gasteiger partial charge on any atom is -0.480 e. The van der Waals surface area contributed by atoms with Gasteiger partial charge in [-0.1, -0.05) is 0 Å². The second-order valence-corrected chi connectivity index (χ2v) is 3.02. The number of nitrogens with two attached hydrogens (primary N) is 3. The van der Waals surface area contributed by atoms with Crippen LogP contribution in [0.25, 0.3) is 0 Å². The first-order valence-corrected chi connectivity index (χ1v) is 4.32. The molecular weight excluding hydrogens is 234 g/mol. The molecule has 1 unspecified atom stereocenters. The van der Waals surface area contributed by atoms with Crippen molar-refractivity contribution < 1.29 is 24.6 Å². The van der Waals surface area contributed by atoms with Crippen molar-refractivity contribution in [3.8, 4) is 0 Å². The molecule has 0 aromatic carbocycles. The molecule has 0 rings (SSSR count). The van der Waals surface area contributed by atoms with Gasteiger partial charge in [0.2, 0.25) is 12.1 Å². The standard InChI is InChI=1S/C7H13N5O5/c8-3(13)1-2(5(14)15)11-4(6(16)17)12-7(9)10/h2,4,11H,1H2,(H2,8,13)(H,14,15)(H,16,17)(H4,9,10,12)/t2-,4?/m0/s1. The lowest BCUT2D eigenvalue weighted by atomic mass is 10.2. The third-order valence-electron chi connectivity index (χ3n) is 1.57. The van der Waals surface area contributed by atoms with E-state index in [2.05, 4.69) is 10.3 Å². The smallest absolute Gasteiger partial charge is 0.343 e. The normalized spacial score (nSPS) is 13.4. The van der Waals surface area contributed by atoms with Crippen LogP contribution in [0.2, 0.25) is 0 Å². The van der Waals surface area contributed by atoms with E-state index in [9.17, 15) is 14.4 Å². The number of nitrogens with zero attached hydrogens (tertiary/aromatic N) is 1. The fraction of sp³-hybridized carbons (Fsp3) is 0.429. The van der Waals surface area contributed by atoms with Gasteiger partial charge in [-0.15, -0.1) is 0 Å². The van der Waals surface area contributed by atoms with E-state index in [0.717, 1.165) is 0 Å². The quantitative estimate of drug-likeness (QED) is 0.197.